The summed E-state index contributed by atoms with van der Waals surface area (Å²) < 4.78 is 29.5. The summed E-state index contributed by atoms with van der Waals surface area (Å²) in [5.41, 5.74) is 0.415. The molecule has 0 saturated heterocycles. The zero-order valence-electron chi connectivity index (χ0n) is 12.3. The van der Waals surface area contributed by atoms with Crippen molar-refractivity contribution in [3.63, 3.8) is 0 Å². The van der Waals surface area contributed by atoms with Gasteiger partial charge in [0, 0.05) is 17.2 Å². The van der Waals surface area contributed by atoms with Crippen LogP contribution in [0, 0.1) is 10.1 Å². The van der Waals surface area contributed by atoms with E-state index in [9.17, 15) is 18.5 Å². The number of nitro groups is 1. The number of rotatable bonds is 6. The number of nitrogens with zero attached hydrogens (tertiary/aromatic N) is 2. The highest BCUT2D eigenvalue weighted by Crippen LogP contribution is 2.26. The molecule has 0 saturated carbocycles. The molecule has 0 unspecified atom stereocenters. The van der Waals surface area contributed by atoms with E-state index in [1.807, 2.05) is 4.83 Å². The molecule has 10 heteroatoms. The molecule has 0 bridgehead atoms. The molecule has 126 valence electrons. The quantitative estimate of drug-likeness (QED) is 0.478. The normalized spacial score (nSPS) is 11.4. The maximum Gasteiger partial charge on any atom is 0.280 e. The highest BCUT2D eigenvalue weighted by atomic mass is 35.5. The summed E-state index contributed by atoms with van der Waals surface area (Å²) in [6.45, 7) is 0. The Morgan fingerprint density at radius 2 is 1.92 bits per heavy atom. The van der Waals surface area contributed by atoms with E-state index < -0.39 is 14.9 Å². The van der Waals surface area contributed by atoms with Crippen molar-refractivity contribution in [2.75, 3.05) is 7.11 Å². The van der Waals surface area contributed by atoms with Crippen LogP contribution in [0.4, 0.5) is 5.69 Å². The molecule has 0 radical (unpaired) electrons. The largest absolute Gasteiger partial charge is 0.495 e. The summed E-state index contributed by atoms with van der Waals surface area (Å²) in [5, 5.41) is 14.4. The number of non-ortho nitro benzene ring substituents is 1. The predicted molar refractivity (Wildman–Crippen MR) is 89.0 cm³/mol. The summed E-state index contributed by atoms with van der Waals surface area (Å²) in [4.78, 5) is 11.9. The molecule has 2 aromatic carbocycles. The van der Waals surface area contributed by atoms with E-state index in [1.54, 1.807) is 0 Å². The van der Waals surface area contributed by atoms with Gasteiger partial charge in [0.1, 0.15) is 10.6 Å². The maximum atomic E-state index is 12.2. The third kappa shape index (κ3) is 4.21. The van der Waals surface area contributed by atoms with Crippen LogP contribution < -0.4 is 9.57 Å². The van der Waals surface area contributed by atoms with Crippen LogP contribution in [0.3, 0.4) is 0 Å². The van der Waals surface area contributed by atoms with Gasteiger partial charge in [0.2, 0.25) is 0 Å². The first kappa shape index (κ1) is 17.7. The fourth-order valence-electron chi connectivity index (χ4n) is 1.76. The Morgan fingerprint density at radius 1 is 1.25 bits per heavy atom. The smallest absolute Gasteiger partial charge is 0.280 e. The second kappa shape index (κ2) is 7.28. The molecular weight excluding hydrogens is 358 g/mol. The second-order valence-electron chi connectivity index (χ2n) is 4.50. The van der Waals surface area contributed by atoms with Crippen LogP contribution in [0.15, 0.2) is 52.5 Å². The van der Waals surface area contributed by atoms with Crippen molar-refractivity contribution in [1.82, 2.24) is 4.83 Å². The molecule has 0 spiro atoms. The van der Waals surface area contributed by atoms with Crippen molar-refractivity contribution in [2.45, 2.75) is 4.90 Å². The number of nitrogens with one attached hydrogen (secondary N) is 1. The topological polar surface area (TPSA) is 111 Å². The van der Waals surface area contributed by atoms with Crippen molar-refractivity contribution in [1.29, 1.82) is 0 Å². The summed E-state index contributed by atoms with van der Waals surface area (Å²) >= 11 is 5.81. The Hall–Kier alpha value is -2.65. The Labute approximate surface area is 142 Å². The molecule has 0 aliphatic heterocycles. The second-order valence-corrected chi connectivity index (χ2v) is 6.56. The highest BCUT2D eigenvalue weighted by molar-refractivity contribution is 7.89. The van der Waals surface area contributed by atoms with Crippen LogP contribution in [-0.4, -0.2) is 26.7 Å². The molecule has 0 atom stereocenters. The zero-order valence-corrected chi connectivity index (χ0v) is 13.9. The Bertz CT molecular complexity index is 882. The van der Waals surface area contributed by atoms with Gasteiger partial charge in [0.25, 0.3) is 15.7 Å². The molecule has 0 aromatic heterocycles. The van der Waals surface area contributed by atoms with Gasteiger partial charge < -0.3 is 4.74 Å². The van der Waals surface area contributed by atoms with Crippen LogP contribution in [0.1, 0.15) is 5.56 Å². The lowest BCUT2D eigenvalue weighted by molar-refractivity contribution is -0.384. The molecule has 0 aliphatic carbocycles. The number of ether oxygens (including phenoxy) is 1. The summed E-state index contributed by atoms with van der Waals surface area (Å²) in [6.07, 6.45) is 1.22. The fourth-order valence-corrected chi connectivity index (χ4v) is 2.99. The number of sulfonamides is 1. The van der Waals surface area contributed by atoms with Crippen molar-refractivity contribution in [3.05, 3.63) is 63.2 Å². The SMILES string of the molecule is COc1ccc(Cl)cc1S(=O)(=O)N/N=C/c1ccc([N+](=O)[O-])cc1. The minimum Gasteiger partial charge on any atom is -0.495 e. The van der Waals surface area contributed by atoms with Crippen LogP contribution in [0.2, 0.25) is 5.02 Å². The first-order chi connectivity index (χ1) is 11.3. The van der Waals surface area contributed by atoms with Crippen LogP contribution in [0.5, 0.6) is 5.75 Å². The average Bonchev–Trinajstić information content (AvgIpc) is 2.55. The first-order valence-electron chi connectivity index (χ1n) is 6.46. The van der Waals surface area contributed by atoms with Crippen molar-refractivity contribution in [3.8, 4) is 5.75 Å². The third-order valence-corrected chi connectivity index (χ3v) is 4.38. The van der Waals surface area contributed by atoms with Crippen LogP contribution in [0.25, 0.3) is 0 Å². The predicted octanol–water partition coefficient (Wildman–Crippen LogP) is 2.57. The number of hydrazone groups is 1. The first-order valence-corrected chi connectivity index (χ1v) is 8.32. The molecule has 0 fully saturated rings. The summed E-state index contributed by atoms with van der Waals surface area (Å²) in [7, 11) is -2.65. The van der Waals surface area contributed by atoms with Gasteiger partial charge in [-0.1, -0.05) is 11.6 Å². The number of hydrogen-bond acceptors (Lipinski definition) is 6. The molecule has 0 heterocycles. The van der Waals surface area contributed by atoms with Crippen molar-refractivity contribution in [2.24, 2.45) is 5.10 Å². The molecule has 8 nitrogen and oxygen atoms in total. The number of nitro benzene ring substituents is 1. The molecule has 24 heavy (non-hydrogen) atoms. The van der Waals surface area contributed by atoms with E-state index in [0.29, 0.717) is 5.56 Å². The molecule has 2 rings (SSSR count). The highest BCUT2D eigenvalue weighted by Gasteiger charge is 2.19. The van der Waals surface area contributed by atoms with Gasteiger partial charge >= 0.3 is 0 Å². The van der Waals surface area contributed by atoms with Gasteiger partial charge in [-0.3, -0.25) is 10.1 Å². The number of halogens is 1. The van der Waals surface area contributed by atoms with Crippen molar-refractivity contribution < 1.29 is 18.1 Å². The fraction of sp³-hybridized carbons (Fsp3) is 0.0714. The maximum absolute atomic E-state index is 12.2. The number of hydrogen-bond donors (Lipinski definition) is 1. The third-order valence-electron chi connectivity index (χ3n) is 2.91. The Morgan fingerprint density at radius 3 is 2.50 bits per heavy atom. The number of methoxy groups -OCH3 is 1. The van der Waals surface area contributed by atoms with Crippen LogP contribution >= 0.6 is 11.6 Å². The molecule has 1 N–H and O–H groups in total. The van der Waals surface area contributed by atoms with E-state index >= 15 is 0 Å². The minimum absolute atomic E-state index is 0.0728. The van der Waals surface area contributed by atoms with Gasteiger partial charge in [-0.2, -0.15) is 18.4 Å². The zero-order chi connectivity index (χ0) is 17.7. The Kier molecular flexibility index (Phi) is 5.37. The molecule has 2 aromatic rings. The lowest BCUT2D eigenvalue weighted by Crippen LogP contribution is -2.19. The van der Waals surface area contributed by atoms with Gasteiger partial charge in [-0.25, -0.2) is 0 Å². The molecule has 0 amide bonds. The standard InChI is InChI=1S/C14H12ClN3O5S/c1-23-13-7-4-11(15)8-14(13)24(21,22)17-16-9-10-2-5-12(6-3-10)18(19)20/h2-9,17H,1H3/b16-9+. The lowest BCUT2D eigenvalue weighted by atomic mass is 10.2. The van der Waals surface area contributed by atoms with Crippen LogP contribution in [-0.2, 0) is 10.0 Å². The van der Waals surface area contributed by atoms with Crippen molar-refractivity contribution >= 4 is 33.5 Å². The average molecular weight is 370 g/mol. The lowest BCUT2D eigenvalue weighted by Gasteiger charge is -2.09. The summed E-state index contributed by atoms with van der Waals surface area (Å²) in [5.74, 6) is 0.123. The number of benzene rings is 2. The van der Waals surface area contributed by atoms with Gasteiger partial charge in [-0.15, -0.1) is 0 Å². The monoisotopic (exact) mass is 369 g/mol. The van der Waals surface area contributed by atoms with E-state index in [1.165, 1.54) is 55.8 Å². The van der Waals surface area contributed by atoms with E-state index in [2.05, 4.69) is 5.10 Å². The molecular formula is C14H12ClN3O5S. The summed E-state index contributed by atoms with van der Waals surface area (Å²) in [6, 6.07) is 9.62. The van der Waals surface area contributed by atoms with Gasteiger partial charge in [0.05, 0.1) is 18.2 Å². The minimum atomic E-state index is -3.98. The van der Waals surface area contributed by atoms with E-state index in [-0.39, 0.29) is 21.4 Å². The van der Waals surface area contributed by atoms with E-state index in [4.69, 9.17) is 16.3 Å². The van der Waals surface area contributed by atoms with E-state index in [0.717, 1.165) is 0 Å². The van der Waals surface area contributed by atoms with Gasteiger partial charge in [-0.05, 0) is 35.9 Å². The molecule has 0 aliphatic rings. The van der Waals surface area contributed by atoms with Gasteiger partial charge in [0.15, 0.2) is 0 Å². The Balaban J connectivity index is 2.18.